The highest BCUT2D eigenvalue weighted by atomic mass is 19.1. The van der Waals surface area contributed by atoms with Crippen LogP contribution in [-0.4, -0.2) is 41.0 Å². The van der Waals surface area contributed by atoms with Crippen molar-refractivity contribution in [1.82, 2.24) is 14.9 Å². The molecule has 6 nitrogen and oxygen atoms in total. The average molecular weight is 395 g/mol. The molecule has 1 fully saturated rings. The molecular weight excluding hydrogens is 373 g/mol. The Morgan fingerprint density at radius 2 is 2.17 bits per heavy atom. The number of hydrogen-bond donors (Lipinski definition) is 0. The number of halogens is 1. The number of ether oxygens (including phenoxy) is 1. The summed E-state index contributed by atoms with van der Waals surface area (Å²) in [5.41, 5.74) is 1.37. The Morgan fingerprint density at radius 1 is 1.28 bits per heavy atom. The number of nitrogens with zero attached hydrogens (tertiary/aromatic N) is 3. The Balaban J connectivity index is 1.43. The Bertz CT molecular complexity index is 987. The first-order valence-electron chi connectivity index (χ1n) is 9.61. The van der Waals surface area contributed by atoms with E-state index in [0.29, 0.717) is 42.6 Å². The molecule has 150 valence electrons. The molecule has 3 heterocycles. The molecule has 0 spiro atoms. The Hall–Kier alpha value is -3.22. The Kier molecular flexibility index (Phi) is 5.55. The van der Waals surface area contributed by atoms with Crippen molar-refractivity contribution in [2.24, 2.45) is 0 Å². The number of pyridine rings is 1. The van der Waals surface area contributed by atoms with Gasteiger partial charge in [-0.05, 0) is 36.6 Å². The topological polar surface area (TPSA) is 68.5 Å². The van der Waals surface area contributed by atoms with Crippen molar-refractivity contribution in [2.45, 2.75) is 25.2 Å². The van der Waals surface area contributed by atoms with E-state index in [-0.39, 0.29) is 17.6 Å². The first kappa shape index (κ1) is 19.1. The predicted molar refractivity (Wildman–Crippen MR) is 104 cm³/mol. The van der Waals surface area contributed by atoms with Crippen LogP contribution in [0.25, 0.3) is 0 Å². The van der Waals surface area contributed by atoms with Gasteiger partial charge in [-0.25, -0.2) is 14.4 Å². The normalized spacial score (nSPS) is 16.6. The molecule has 1 aliphatic heterocycles. The molecule has 1 saturated heterocycles. The van der Waals surface area contributed by atoms with E-state index in [1.54, 1.807) is 24.4 Å². The average Bonchev–Trinajstić information content (AvgIpc) is 3.22. The number of aromatic nitrogens is 2. The number of carbonyl (C=O) groups is 1. The minimum Gasteiger partial charge on any atom is -0.481 e. The standard InChI is InChI=1S/C22H22FN3O3/c1-28-20-8-7-16(12-24-20)22(27)26-9-3-5-17(14-26)21-25-13-19(29-21)11-15-4-2-6-18(23)10-15/h2,4,6-8,10,12-13,17H,3,5,9,11,14H2,1H3/t17-/m1/s1. The van der Waals surface area contributed by atoms with Crippen LogP contribution in [0.15, 0.2) is 53.2 Å². The highest BCUT2D eigenvalue weighted by molar-refractivity contribution is 5.94. The van der Waals surface area contributed by atoms with Crippen LogP contribution in [-0.2, 0) is 6.42 Å². The lowest BCUT2D eigenvalue weighted by Gasteiger charge is -2.31. The van der Waals surface area contributed by atoms with Gasteiger partial charge in [-0.2, -0.15) is 0 Å². The van der Waals surface area contributed by atoms with Crippen LogP contribution >= 0.6 is 0 Å². The fraction of sp³-hybridized carbons (Fsp3) is 0.318. The Labute approximate surface area is 168 Å². The second-order valence-electron chi connectivity index (χ2n) is 7.15. The lowest BCUT2D eigenvalue weighted by Crippen LogP contribution is -2.39. The quantitative estimate of drug-likeness (QED) is 0.657. The van der Waals surface area contributed by atoms with E-state index in [9.17, 15) is 9.18 Å². The van der Waals surface area contributed by atoms with Gasteiger partial charge in [0.2, 0.25) is 5.88 Å². The van der Waals surface area contributed by atoms with Gasteiger partial charge < -0.3 is 14.1 Å². The van der Waals surface area contributed by atoms with E-state index in [1.807, 2.05) is 11.0 Å². The maximum Gasteiger partial charge on any atom is 0.255 e. The zero-order chi connectivity index (χ0) is 20.2. The first-order chi connectivity index (χ1) is 14.1. The van der Waals surface area contributed by atoms with Crippen LogP contribution in [0, 0.1) is 5.82 Å². The molecule has 2 aromatic heterocycles. The maximum atomic E-state index is 13.4. The van der Waals surface area contributed by atoms with Crippen molar-refractivity contribution in [3.63, 3.8) is 0 Å². The number of methoxy groups -OCH3 is 1. The van der Waals surface area contributed by atoms with E-state index >= 15 is 0 Å². The molecule has 7 heteroatoms. The largest absolute Gasteiger partial charge is 0.481 e. The van der Waals surface area contributed by atoms with Crippen molar-refractivity contribution < 1.29 is 18.3 Å². The summed E-state index contributed by atoms with van der Waals surface area (Å²) < 4.78 is 24.3. The molecule has 0 unspecified atom stereocenters. The number of likely N-dealkylation sites (tertiary alicyclic amines) is 1. The minimum atomic E-state index is -0.267. The molecule has 4 rings (SSSR count). The van der Waals surface area contributed by atoms with Crippen molar-refractivity contribution in [3.05, 3.63) is 77.4 Å². The molecule has 0 saturated carbocycles. The van der Waals surface area contributed by atoms with Crippen molar-refractivity contribution in [1.29, 1.82) is 0 Å². The van der Waals surface area contributed by atoms with E-state index in [4.69, 9.17) is 9.15 Å². The molecule has 3 aromatic rings. The third kappa shape index (κ3) is 4.45. The number of oxazole rings is 1. The third-order valence-corrected chi connectivity index (χ3v) is 5.09. The number of piperidine rings is 1. The monoisotopic (exact) mass is 395 g/mol. The van der Waals surface area contributed by atoms with Crippen LogP contribution in [0.3, 0.4) is 0 Å². The smallest absolute Gasteiger partial charge is 0.255 e. The van der Waals surface area contributed by atoms with Gasteiger partial charge in [-0.1, -0.05) is 12.1 Å². The van der Waals surface area contributed by atoms with Gasteiger partial charge in [0.15, 0.2) is 5.89 Å². The molecule has 0 N–H and O–H groups in total. The molecule has 0 bridgehead atoms. The minimum absolute atomic E-state index is 0.0418. The van der Waals surface area contributed by atoms with E-state index in [2.05, 4.69) is 9.97 Å². The maximum absolute atomic E-state index is 13.4. The van der Waals surface area contributed by atoms with E-state index < -0.39 is 0 Å². The summed E-state index contributed by atoms with van der Waals surface area (Å²) in [7, 11) is 1.54. The zero-order valence-corrected chi connectivity index (χ0v) is 16.2. The lowest BCUT2D eigenvalue weighted by atomic mass is 9.97. The van der Waals surface area contributed by atoms with Crippen molar-refractivity contribution >= 4 is 5.91 Å². The molecule has 1 amide bonds. The SMILES string of the molecule is COc1ccc(C(=O)N2CCC[C@@H](c3ncc(Cc4cccc(F)c4)o3)C2)cn1. The molecule has 29 heavy (non-hydrogen) atoms. The van der Waals surface area contributed by atoms with Crippen LogP contribution < -0.4 is 4.74 Å². The molecule has 1 atom stereocenters. The summed E-state index contributed by atoms with van der Waals surface area (Å²) in [6, 6.07) is 9.85. The van der Waals surface area contributed by atoms with Gasteiger partial charge in [0.25, 0.3) is 5.91 Å². The number of amides is 1. The van der Waals surface area contributed by atoms with Crippen molar-refractivity contribution in [2.75, 3.05) is 20.2 Å². The van der Waals surface area contributed by atoms with Crippen LogP contribution in [0.5, 0.6) is 5.88 Å². The van der Waals surface area contributed by atoms with E-state index in [0.717, 1.165) is 18.4 Å². The van der Waals surface area contributed by atoms with Crippen LogP contribution in [0.4, 0.5) is 4.39 Å². The van der Waals surface area contributed by atoms with Gasteiger partial charge in [-0.3, -0.25) is 4.79 Å². The fourth-order valence-corrected chi connectivity index (χ4v) is 3.61. The summed E-state index contributed by atoms with van der Waals surface area (Å²) in [6.07, 6.45) is 5.49. The zero-order valence-electron chi connectivity index (χ0n) is 16.2. The highest BCUT2D eigenvalue weighted by Gasteiger charge is 2.28. The van der Waals surface area contributed by atoms with Gasteiger partial charge in [-0.15, -0.1) is 0 Å². The van der Waals surface area contributed by atoms with Gasteiger partial charge in [0.05, 0.1) is 24.8 Å². The summed E-state index contributed by atoms with van der Waals surface area (Å²) in [5, 5.41) is 0. The van der Waals surface area contributed by atoms with Gasteiger partial charge in [0.1, 0.15) is 11.6 Å². The molecule has 0 aliphatic carbocycles. The summed E-state index contributed by atoms with van der Waals surface area (Å²) in [6.45, 7) is 1.24. The molecule has 1 aromatic carbocycles. The number of benzene rings is 1. The molecular formula is C22H22FN3O3. The fourth-order valence-electron chi connectivity index (χ4n) is 3.61. The number of hydrogen-bond acceptors (Lipinski definition) is 5. The van der Waals surface area contributed by atoms with E-state index in [1.165, 1.54) is 25.4 Å². The summed E-state index contributed by atoms with van der Waals surface area (Å²) in [4.78, 5) is 23.2. The van der Waals surface area contributed by atoms with Gasteiger partial charge in [0, 0.05) is 31.8 Å². The summed E-state index contributed by atoms with van der Waals surface area (Å²) in [5.74, 6) is 1.51. The van der Waals surface area contributed by atoms with Crippen LogP contribution in [0.1, 0.15) is 46.3 Å². The van der Waals surface area contributed by atoms with Gasteiger partial charge >= 0.3 is 0 Å². The molecule has 1 aliphatic rings. The Morgan fingerprint density at radius 3 is 2.93 bits per heavy atom. The lowest BCUT2D eigenvalue weighted by molar-refractivity contribution is 0.0697. The van der Waals surface area contributed by atoms with Crippen LogP contribution in [0.2, 0.25) is 0 Å². The number of rotatable bonds is 5. The third-order valence-electron chi connectivity index (χ3n) is 5.09. The second kappa shape index (κ2) is 8.43. The predicted octanol–water partition coefficient (Wildman–Crippen LogP) is 3.83. The summed E-state index contributed by atoms with van der Waals surface area (Å²) >= 11 is 0. The van der Waals surface area contributed by atoms with Crippen molar-refractivity contribution in [3.8, 4) is 5.88 Å². The highest BCUT2D eigenvalue weighted by Crippen LogP contribution is 2.28. The second-order valence-corrected chi connectivity index (χ2v) is 7.15. The first-order valence-corrected chi connectivity index (χ1v) is 9.61. The number of carbonyl (C=O) groups excluding carboxylic acids is 1. The molecule has 0 radical (unpaired) electrons.